The van der Waals surface area contributed by atoms with E-state index in [0.717, 1.165) is 28.5 Å². The second-order valence-electron chi connectivity index (χ2n) is 6.42. The minimum absolute atomic E-state index is 0.0565. The molecular weight excluding hydrogens is 276 g/mol. The maximum absolute atomic E-state index is 5.38. The first-order valence-electron chi connectivity index (χ1n) is 7.32. The molecule has 0 atom stereocenters. The number of nitrogens with one attached hydrogen (secondary N) is 2. The molecule has 1 heterocycles. The molecule has 2 aromatic rings. The van der Waals surface area contributed by atoms with E-state index in [-0.39, 0.29) is 5.54 Å². The van der Waals surface area contributed by atoms with E-state index in [2.05, 4.69) is 41.4 Å². The molecule has 0 aliphatic heterocycles. The molecule has 2 rings (SSSR count). The Bertz CT molecular complexity index is 662. The van der Waals surface area contributed by atoms with Gasteiger partial charge in [0.2, 0.25) is 5.95 Å². The third-order valence-electron chi connectivity index (χ3n) is 2.96. The molecule has 0 amide bonds. The average molecular weight is 300 g/mol. The maximum atomic E-state index is 5.38. The molecule has 0 spiro atoms. The van der Waals surface area contributed by atoms with Crippen LogP contribution in [0, 0.1) is 13.8 Å². The zero-order valence-electron chi connectivity index (χ0n) is 14.1. The fourth-order valence-corrected chi connectivity index (χ4v) is 2.11. The predicted octanol–water partition coefficient (Wildman–Crippen LogP) is 4.06. The topological polar surface area (TPSA) is 59.1 Å². The van der Waals surface area contributed by atoms with Crippen molar-refractivity contribution in [2.45, 2.75) is 40.2 Å². The molecule has 0 unspecified atom stereocenters. The Hall–Kier alpha value is -2.30. The second kappa shape index (κ2) is 6.22. The predicted molar refractivity (Wildman–Crippen MR) is 91.2 cm³/mol. The smallest absolute Gasteiger partial charge is 0.229 e. The highest BCUT2D eigenvalue weighted by atomic mass is 16.5. The molecule has 0 radical (unpaired) electrons. The van der Waals surface area contributed by atoms with E-state index in [9.17, 15) is 0 Å². The van der Waals surface area contributed by atoms with Gasteiger partial charge in [-0.2, -0.15) is 4.98 Å². The van der Waals surface area contributed by atoms with Gasteiger partial charge >= 0.3 is 0 Å². The van der Waals surface area contributed by atoms with Gasteiger partial charge in [0, 0.05) is 17.3 Å². The number of hydrogen-bond donors (Lipinski definition) is 2. The first kappa shape index (κ1) is 16.1. The van der Waals surface area contributed by atoms with Crippen molar-refractivity contribution < 1.29 is 4.74 Å². The molecule has 118 valence electrons. The lowest BCUT2D eigenvalue weighted by Gasteiger charge is -2.22. The van der Waals surface area contributed by atoms with E-state index >= 15 is 0 Å². The van der Waals surface area contributed by atoms with Crippen molar-refractivity contribution in [3.8, 4) is 5.75 Å². The van der Waals surface area contributed by atoms with Gasteiger partial charge in [-0.15, -0.1) is 0 Å². The van der Waals surface area contributed by atoms with Crippen molar-refractivity contribution in [2.24, 2.45) is 0 Å². The minimum Gasteiger partial charge on any atom is -0.495 e. The largest absolute Gasteiger partial charge is 0.495 e. The van der Waals surface area contributed by atoms with Gasteiger partial charge in [-0.3, -0.25) is 0 Å². The summed E-state index contributed by atoms with van der Waals surface area (Å²) in [6, 6.07) is 7.89. The third-order valence-corrected chi connectivity index (χ3v) is 2.96. The monoisotopic (exact) mass is 300 g/mol. The number of aromatic nitrogens is 2. The van der Waals surface area contributed by atoms with Crippen LogP contribution >= 0.6 is 0 Å². The molecule has 2 N–H and O–H groups in total. The van der Waals surface area contributed by atoms with E-state index in [0.29, 0.717) is 5.95 Å². The van der Waals surface area contributed by atoms with Crippen molar-refractivity contribution >= 4 is 17.5 Å². The van der Waals surface area contributed by atoms with E-state index in [1.165, 1.54) is 0 Å². The summed E-state index contributed by atoms with van der Waals surface area (Å²) in [5, 5.41) is 6.61. The summed E-state index contributed by atoms with van der Waals surface area (Å²) in [4.78, 5) is 8.98. The van der Waals surface area contributed by atoms with Gasteiger partial charge in [0.15, 0.2) is 0 Å². The Morgan fingerprint density at radius 3 is 2.41 bits per heavy atom. The van der Waals surface area contributed by atoms with Gasteiger partial charge in [-0.25, -0.2) is 4.98 Å². The van der Waals surface area contributed by atoms with E-state index in [1.807, 2.05) is 38.1 Å². The number of nitrogens with zero attached hydrogens (tertiary/aromatic N) is 2. The van der Waals surface area contributed by atoms with Crippen molar-refractivity contribution in [3.63, 3.8) is 0 Å². The first-order chi connectivity index (χ1) is 10.3. The zero-order chi connectivity index (χ0) is 16.3. The Labute approximate surface area is 132 Å². The SMILES string of the molecule is COc1ccc(C)cc1Nc1nc(C)cc(NC(C)(C)C)n1. The van der Waals surface area contributed by atoms with Crippen LogP contribution in [0.5, 0.6) is 5.75 Å². The standard InChI is InChI=1S/C17H24N4O/c1-11-7-8-14(22-6)13(9-11)19-16-18-12(2)10-15(20-16)21-17(3,4)5/h7-10H,1-6H3,(H2,18,19,20,21). The van der Waals surface area contributed by atoms with Gasteiger partial charge in [0.05, 0.1) is 12.8 Å². The van der Waals surface area contributed by atoms with Crippen LogP contribution in [0.4, 0.5) is 17.5 Å². The Morgan fingerprint density at radius 1 is 1.05 bits per heavy atom. The zero-order valence-corrected chi connectivity index (χ0v) is 14.1. The molecule has 0 saturated heterocycles. The van der Waals surface area contributed by atoms with Crippen molar-refractivity contribution in [3.05, 3.63) is 35.5 Å². The van der Waals surface area contributed by atoms with Gasteiger partial charge < -0.3 is 15.4 Å². The van der Waals surface area contributed by atoms with Crippen molar-refractivity contribution in [2.75, 3.05) is 17.7 Å². The number of rotatable bonds is 4. The van der Waals surface area contributed by atoms with E-state index < -0.39 is 0 Å². The highest BCUT2D eigenvalue weighted by Gasteiger charge is 2.12. The fraction of sp³-hybridized carbons (Fsp3) is 0.412. The van der Waals surface area contributed by atoms with Gasteiger partial charge in [-0.05, 0) is 52.3 Å². The Balaban J connectivity index is 2.32. The van der Waals surface area contributed by atoms with Crippen LogP contribution < -0.4 is 15.4 Å². The summed E-state index contributed by atoms with van der Waals surface area (Å²) in [6.07, 6.45) is 0. The summed E-state index contributed by atoms with van der Waals surface area (Å²) in [5.41, 5.74) is 2.84. The lowest BCUT2D eigenvalue weighted by atomic mass is 10.1. The highest BCUT2D eigenvalue weighted by molar-refractivity contribution is 5.64. The van der Waals surface area contributed by atoms with Gasteiger partial charge in [0.1, 0.15) is 11.6 Å². The average Bonchev–Trinajstić information content (AvgIpc) is 2.36. The van der Waals surface area contributed by atoms with E-state index in [1.54, 1.807) is 7.11 Å². The molecule has 0 aliphatic carbocycles. The quantitative estimate of drug-likeness (QED) is 0.892. The Kier molecular flexibility index (Phi) is 4.54. The number of anilines is 3. The molecule has 0 aliphatic rings. The number of hydrogen-bond acceptors (Lipinski definition) is 5. The first-order valence-corrected chi connectivity index (χ1v) is 7.32. The summed E-state index contributed by atoms with van der Waals surface area (Å²) < 4.78 is 5.38. The Morgan fingerprint density at radius 2 is 1.77 bits per heavy atom. The molecule has 0 saturated carbocycles. The summed E-state index contributed by atoms with van der Waals surface area (Å²) in [5.74, 6) is 2.12. The lowest BCUT2D eigenvalue weighted by molar-refractivity contribution is 0.416. The lowest BCUT2D eigenvalue weighted by Crippen LogP contribution is -2.27. The van der Waals surface area contributed by atoms with Crippen molar-refractivity contribution in [1.82, 2.24) is 9.97 Å². The molecule has 5 nitrogen and oxygen atoms in total. The summed E-state index contributed by atoms with van der Waals surface area (Å²) >= 11 is 0. The van der Waals surface area contributed by atoms with Crippen LogP contribution in [0.3, 0.4) is 0 Å². The van der Waals surface area contributed by atoms with E-state index in [4.69, 9.17) is 4.74 Å². The molecular formula is C17H24N4O. The van der Waals surface area contributed by atoms with Crippen LogP contribution in [0.2, 0.25) is 0 Å². The van der Waals surface area contributed by atoms with Crippen LogP contribution in [0.1, 0.15) is 32.0 Å². The minimum atomic E-state index is -0.0565. The highest BCUT2D eigenvalue weighted by Crippen LogP contribution is 2.28. The molecule has 1 aromatic heterocycles. The third kappa shape index (κ3) is 4.35. The van der Waals surface area contributed by atoms with Gasteiger partial charge in [-0.1, -0.05) is 6.07 Å². The molecule has 1 aromatic carbocycles. The molecule has 22 heavy (non-hydrogen) atoms. The van der Waals surface area contributed by atoms with Crippen LogP contribution in [-0.4, -0.2) is 22.6 Å². The van der Waals surface area contributed by atoms with Crippen molar-refractivity contribution in [1.29, 1.82) is 0 Å². The second-order valence-corrected chi connectivity index (χ2v) is 6.42. The number of methoxy groups -OCH3 is 1. The summed E-state index contributed by atoms with van der Waals surface area (Å²) in [7, 11) is 1.65. The normalized spacial score (nSPS) is 11.2. The fourth-order valence-electron chi connectivity index (χ4n) is 2.11. The van der Waals surface area contributed by atoms with Crippen LogP contribution in [-0.2, 0) is 0 Å². The molecule has 0 fully saturated rings. The maximum Gasteiger partial charge on any atom is 0.229 e. The molecule has 5 heteroatoms. The van der Waals surface area contributed by atoms with Gasteiger partial charge in [0.25, 0.3) is 0 Å². The van der Waals surface area contributed by atoms with Crippen LogP contribution in [0.15, 0.2) is 24.3 Å². The number of aryl methyl sites for hydroxylation is 2. The van der Waals surface area contributed by atoms with Crippen LogP contribution in [0.25, 0.3) is 0 Å². The number of ether oxygens (including phenoxy) is 1. The molecule has 0 bridgehead atoms. The number of benzene rings is 1. The summed E-state index contributed by atoms with van der Waals surface area (Å²) in [6.45, 7) is 10.3.